The first-order chi connectivity index (χ1) is 12.8. The molecule has 0 bridgehead atoms. The van der Waals surface area contributed by atoms with Crippen LogP contribution in [-0.4, -0.2) is 31.7 Å². The van der Waals surface area contributed by atoms with Crippen LogP contribution < -0.4 is 5.32 Å². The lowest BCUT2D eigenvalue weighted by molar-refractivity contribution is -0.120. The lowest BCUT2D eigenvalue weighted by atomic mass is 9.98. The van der Waals surface area contributed by atoms with Crippen LogP contribution in [0, 0.1) is 11.7 Å². The third kappa shape index (κ3) is 4.60. The van der Waals surface area contributed by atoms with Crippen molar-refractivity contribution in [2.24, 2.45) is 5.92 Å². The molecule has 1 aliphatic rings. The third-order valence-corrected chi connectivity index (χ3v) is 6.84. The van der Waals surface area contributed by atoms with Gasteiger partial charge in [0.15, 0.2) is 0 Å². The SMILES string of the molecule is O=C(Nc1ccc(F)cc1Cl)C1CCCN(S(=O)(=O)c2ccc(Cl)cc2)C1. The smallest absolute Gasteiger partial charge is 0.243 e. The fourth-order valence-corrected chi connectivity index (χ4v) is 4.82. The molecule has 0 radical (unpaired) electrons. The zero-order valence-corrected chi connectivity index (χ0v) is 16.5. The van der Waals surface area contributed by atoms with Crippen molar-refractivity contribution in [3.05, 3.63) is 58.3 Å². The maximum absolute atomic E-state index is 13.1. The first-order valence-electron chi connectivity index (χ1n) is 8.29. The zero-order chi connectivity index (χ0) is 19.6. The van der Waals surface area contributed by atoms with E-state index in [1.807, 2.05) is 0 Å². The molecule has 1 fully saturated rings. The van der Waals surface area contributed by atoms with Crippen molar-refractivity contribution in [2.75, 3.05) is 18.4 Å². The van der Waals surface area contributed by atoms with Gasteiger partial charge in [-0.3, -0.25) is 4.79 Å². The molecule has 1 atom stereocenters. The Kier molecular flexibility index (Phi) is 6.05. The molecule has 5 nitrogen and oxygen atoms in total. The predicted molar refractivity (Wildman–Crippen MR) is 103 cm³/mol. The molecule has 2 aromatic carbocycles. The molecule has 1 N–H and O–H groups in total. The Morgan fingerprint density at radius 2 is 1.85 bits per heavy atom. The van der Waals surface area contributed by atoms with E-state index in [1.165, 1.54) is 40.7 Å². The highest BCUT2D eigenvalue weighted by Crippen LogP contribution is 2.27. The van der Waals surface area contributed by atoms with Crippen LogP contribution >= 0.6 is 23.2 Å². The van der Waals surface area contributed by atoms with E-state index >= 15 is 0 Å². The number of benzene rings is 2. The molecule has 0 aliphatic carbocycles. The van der Waals surface area contributed by atoms with E-state index in [-0.39, 0.29) is 22.4 Å². The highest BCUT2D eigenvalue weighted by molar-refractivity contribution is 7.89. The van der Waals surface area contributed by atoms with Gasteiger partial charge in [-0.25, -0.2) is 12.8 Å². The van der Waals surface area contributed by atoms with Crippen molar-refractivity contribution < 1.29 is 17.6 Å². The number of halogens is 3. The average molecular weight is 431 g/mol. The van der Waals surface area contributed by atoms with Gasteiger partial charge in [0.2, 0.25) is 15.9 Å². The van der Waals surface area contributed by atoms with E-state index in [2.05, 4.69) is 5.32 Å². The van der Waals surface area contributed by atoms with E-state index in [1.54, 1.807) is 0 Å². The van der Waals surface area contributed by atoms with Crippen molar-refractivity contribution in [3.63, 3.8) is 0 Å². The fraction of sp³-hybridized carbons (Fsp3) is 0.278. The van der Waals surface area contributed by atoms with Gasteiger partial charge < -0.3 is 5.32 Å². The van der Waals surface area contributed by atoms with Crippen LogP contribution in [0.5, 0.6) is 0 Å². The molecule has 144 valence electrons. The van der Waals surface area contributed by atoms with Gasteiger partial charge in [-0.2, -0.15) is 4.31 Å². The monoisotopic (exact) mass is 430 g/mol. The lowest BCUT2D eigenvalue weighted by Crippen LogP contribution is -2.43. The lowest BCUT2D eigenvalue weighted by Gasteiger charge is -2.31. The first kappa shape index (κ1) is 20.1. The zero-order valence-electron chi connectivity index (χ0n) is 14.2. The van der Waals surface area contributed by atoms with Crippen molar-refractivity contribution in [1.82, 2.24) is 4.31 Å². The van der Waals surface area contributed by atoms with Gasteiger partial charge in [0.25, 0.3) is 0 Å². The van der Waals surface area contributed by atoms with E-state index in [0.29, 0.717) is 30.1 Å². The summed E-state index contributed by atoms with van der Waals surface area (Å²) in [5.41, 5.74) is 0.292. The van der Waals surface area contributed by atoms with Crippen LogP contribution in [0.1, 0.15) is 12.8 Å². The molecule has 1 unspecified atom stereocenters. The molecule has 1 heterocycles. The second kappa shape index (κ2) is 8.14. The minimum Gasteiger partial charge on any atom is -0.324 e. The summed E-state index contributed by atoms with van der Waals surface area (Å²) in [5.74, 6) is -1.38. The fourth-order valence-electron chi connectivity index (χ4n) is 2.96. The number of nitrogens with zero attached hydrogens (tertiary/aromatic N) is 1. The van der Waals surface area contributed by atoms with Crippen LogP contribution in [0.25, 0.3) is 0 Å². The number of amides is 1. The number of carbonyl (C=O) groups excluding carboxylic acids is 1. The first-order valence-corrected chi connectivity index (χ1v) is 10.5. The molecule has 0 saturated carbocycles. The van der Waals surface area contributed by atoms with Crippen LogP contribution in [0.15, 0.2) is 47.4 Å². The summed E-state index contributed by atoms with van der Waals surface area (Å²) in [7, 11) is -3.71. The van der Waals surface area contributed by atoms with Crippen LogP contribution in [0.4, 0.5) is 10.1 Å². The Bertz CT molecular complexity index is 952. The summed E-state index contributed by atoms with van der Waals surface area (Å²) in [6, 6.07) is 9.59. The summed E-state index contributed by atoms with van der Waals surface area (Å²) in [5, 5.41) is 3.18. The van der Waals surface area contributed by atoms with E-state index in [9.17, 15) is 17.6 Å². The Hall–Kier alpha value is -1.67. The van der Waals surface area contributed by atoms with Crippen LogP contribution in [0.2, 0.25) is 10.0 Å². The topological polar surface area (TPSA) is 66.5 Å². The molecule has 3 rings (SSSR count). The molecule has 1 saturated heterocycles. The second-order valence-electron chi connectivity index (χ2n) is 6.27. The van der Waals surface area contributed by atoms with Gasteiger partial charge in [0, 0.05) is 18.1 Å². The molecular weight excluding hydrogens is 414 g/mol. The standard InChI is InChI=1S/C18H17Cl2FN2O3S/c19-13-3-6-15(7-4-13)27(25,26)23-9-1-2-12(11-23)18(24)22-17-8-5-14(21)10-16(17)20/h3-8,10,12H,1-2,9,11H2,(H,22,24). The number of nitrogens with one attached hydrogen (secondary N) is 1. The van der Waals surface area contributed by atoms with Gasteiger partial charge >= 0.3 is 0 Å². The van der Waals surface area contributed by atoms with Gasteiger partial charge in [-0.05, 0) is 55.3 Å². The van der Waals surface area contributed by atoms with E-state index < -0.39 is 21.8 Å². The maximum atomic E-state index is 13.1. The number of rotatable bonds is 4. The van der Waals surface area contributed by atoms with E-state index in [4.69, 9.17) is 23.2 Å². The quantitative estimate of drug-likeness (QED) is 0.790. The number of sulfonamides is 1. The number of piperidine rings is 1. The van der Waals surface area contributed by atoms with Gasteiger partial charge in [-0.15, -0.1) is 0 Å². The minimum absolute atomic E-state index is 0.0651. The van der Waals surface area contributed by atoms with Gasteiger partial charge in [-0.1, -0.05) is 23.2 Å². The van der Waals surface area contributed by atoms with Crippen molar-refractivity contribution >= 4 is 44.8 Å². The second-order valence-corrected chi connectivity index (χ2v) is 9.05. The van der Waals surface area contributed by atoms with Crippen LogP contribution in [0.3, 0.4) is 0 Å². The van der Waals surface area contributed by atoms with Gasteiger partial charge in [0.1, 0.15) is 5.82 Å². The largest absolute Gasteiger partial charge is 0.324 e. The van der Waals surface area contributed by atoms with Crippen LogP contribution in [-0.2, 0) is 14.8 Å². The summed E-state index contributed by atoms with van der Waals surface area (Å²) in [6.07, 6.45) is 1.11. The van der Waals surface area contributed by atoms with Crippen molar-refractivity contribution in [1.29, 1.82) is 0 Å². The molecule has 9 heteroatoms. The number of carbonyl (C=O) groups is 1. The Morgan fingerprint density at radius 3 is 2.52 bits per heavy atom. The normalized spacial score (nSPS) is 18.3. The number of hydrogen-bond acceptors (Lipinski definition) is 3. The molecular formula is C18H17Cl2FN2O3S. The number of anilines is 1. The molecule has 1 amide bonds. The van der Waals surface area contributed by atoms with Gasteiger partial charge in [0.05, 0.1) is 21.5 Å². The molecule has 0 aromatic heterocycles. The maximum Gasteiger partial charge on any atom is 0.243 e. The summed E-state index contributed by atoms with van der Waals surface area (Å²) in [4.78, 5) is 12.7. The molecule has 2 aromatic rings. The Labute approximate surface area is 167 Å². The predicted octanol–water partition coefficient (Wildman–Crippen LogP) is 4.17. The summed E-state index contributed by atoms with van der Waals surface area (Å²) in [6.45, 7) is 0.404. The average Bonchev–Trinajstić information content (AvgIpc) is 2.64. The van der Waals surface area contributed by atoms with E-state index in [0.717, 1.165) is 6.07 Å². The van der Waals surface area contributed by atoms with Crippen molar-refractivity contribution in [3.8, 4) is 0 Å². The molecule has 1 aliphatic heterocycles. The molecule has 0 spiro atoms. The number of hydrogen-bond donors (Lipinski definition) is 1. The summed E-state index contributed by atoms with van der Waals surface area (Å²) < 4.78 is 40.0. The minimum atomic E-state index is -3.71. The molecule has 27 heavy (non-hydrogen) atoms. The van der Waals surface area contributed by atoms with Crippen molar-refractivity contribution in [2.45, 2.75) is 17.7 Å². The highest BCUT2D eigenvalue weighted by atomic mass is 35.5. The third-order valence-electron chi connectivity index (χ3n) is 4.40. The summed E-state index contributed by atoms with van der Waals surface area (Å²) >= 11 is 11.8. The highest BCUT2D eigenvalue weighted by Gasteiger charge is 2.33. The Morgan fingerprint density at radius 1 is 1.15 bits per heavy atom. The Balaban J connectivity index is 1.73.